The Morgan fingerprint density at radius 3 is 2.69 bits per heavy atom. The number of halogens is 1. The molecule has 0 aliphatic heterocycles. The van der Waals surface area contributed by atoms with Crippen molar-refractivity contribution in [1.29, 1.82) is 0 Å². The van der Waals surface area contributed by atoms with E-state index in [1.54, 1.807) is 36.4 Å². The highest BCUT2D eigenvalue weighted by Gasteiger charge is 2.21. The van der Waals surface area contributed by atoms with Crippen molar-refractivity contribution < 1.29 is 4.92 Å². The van der Waals surface area contributed by atoms with Crippen molar-refractivity contribution in [3.05, 3.63) is 69.9 Å². The first-order valence-electron chi connectivity index (χ1n) is 7.60. The molecule has 4 aromatic rings. The average molecular weight is 367 g/mol. The van der Waals surface area contributed by atoms with Gasteiger partial charge in [-0.3, -0.25) is 15.2 Å². The smallest absolute Gasteiger partial charge is 0.293 e. The summed E-state index contributed by atoms with van der Waals surface area (Å²) in [5.74, 6) is 0.414. The molecule has 0 saturated carbocycles. The molecule has 0 fully saturated rings. The van der Waals surface area contributed by atoms with Crippen LogP contribution in [0.4, 0.5) is 17.2 Å². The molecule has 0 saturated heterocycles. The predicted octanol–water partition coefficient (Wildman–Crippen LogP) is 4.33. The molecular weight excluding hydrogens is 356 g/mol. The van der Waals surface area contributed by atoms with Crippen LogP contribution < -0.4 is 5.32 Å². The molecule has 0 atom stereocenters. The Morgan fingerprint density at radius 2 is 1.88 bits per heavy atom. The molecule has 2 heterocycles. The zero-order valence-corrected chi connectivity index (χ0v) is 13.9. The lowest BCUT2D eigenvalue weighted by molar-refractivity contribution is -0.383. The molecule has 0 bridgehead atoms. The third kappa shape index (κ3) is 2.72. The molecular formula is C17H11ClN6O2. The summed E-state index contributed by atoms with van der Waals surface area (Å²) in [5.41, 5.74) is 1.98. The second kappa shape index (κ2) is 6.41. The molecule has 26 heavy (non-hydrogen) atoms. The largest absolute Gasteiger partial charge is 0.332 e. The van der Waals surface area contributed by atoms with E-state index in [1.807, 2.05) is 6.07 Å². The van der Waals surface area contributed by atoms with Crippen LogP contribution in [-0.2, 0) is 0 Å². The number of benzene rings is 2. The first-order chi connectivity index (χ1) is 12.6. The first kappa shape index (κ1) is 16.0. The summed E-state index contributed by atoms with van der Waals surface area (Å²) in [5, 5.41) is 30.4. The molecule has 0 amide bonds. The number of nitro groups is 1. The molecule has 4 rings (SSSR count). The number of hydrogen-bond donors (Lipinski definition) is 2. The maximum Gasteiger partial charge on any atom is 0.293 e. The van der Waals surface area contributed by atoms with E-state index >= 15 is 0 Å². The fourth-order valence-corrected chi connectivity index (χ4v) is 2.95. The number of aromatic amines is 1. The summed E-state index contributed by atoms with van der Waals surface area (Å²) in [6, 6.07) is 13.7. The van der Waals surface area contributed by atoms with Gasteiger partial charge in [0.1, 0.15) is 5.69 Å². The molecule has 0 spiro atoms. The highest BCUT2D eigenvalue weighted by Crippen LogP contribution is 2.40. The summed E-state index contributed by atoms with van der Waals surface area (Å²) in [6.45, 7) is 0. The number of rotatable bonds is 4. The molecule has 2 aromatic heterocycles. The van der Waals surface area contributed by atoms with Gasteiger partial charge in [0, 0.05) is 22.2 Å². The second-order valence-corrected chi connectivity index (χ2v) is 5.83. The van der Waals surface area contributed by atoms with E-state index in [1.165, 1.54) is 12.3 Å². The van der Waals surface area contributed by atoms with E-state index in [2.05, 4.69) is 25.7 Å². The van der Waals surface area contributed by atoms with Crippen molar-refractivity contribution >= 4 is 39.8 Å². The third-order valence-electron chi connectivity index (χ3n) is 3.90. The molecule has 0 aliphatic carbocycles. The molecule has 2 aromatic carbocycles. The molecule has 2 N–H and O–H groups in total. The maximum atomic E-state index is 11.6. The molecule has 0 radical (unpaired) electrons. The molecule has 9 heteroatoms. The van der Waals surface area contributed by atoms with Crippen molar-refractivity contribution in [2.75, 3.05) is 5.32 Å². The van der Waals surface area contributed by atoms with Crippen LogP contribution in [-0.4, -0.2) is 25.3 Å². The van der Waals surface area contributed by atoms with Gasteiger partial charge in [-0.2, -0.15) is 10.2 Å². The molecule has 128 valence electrons. The van der Waals surface area contributed by atoms with Gasteiger partial charge in [-0.15, -0.1) is 5.10 Å². The van der Waals surface area contributed by atoms with Crippen LogP contribution in [0.25, 0.3) is 22.2 Å². The van der Waals surface area contributed by atoms with E-state index in [4.69, 9.17) is 11.6 Å². The number of nitrogens with one attached hydrogen (secondary N) is 2. The quantitative estimate of drug-likeness (QED) is 0.411. The maximum absolute atomic E-state index is 11.6. The van der Waals surface area contributed by atoms with Crippen LogP contribution in [0.5, 0.6) is 0 Å². The van der Waals surface area contributed by atoms with Crippen molar-refractivity contribution in [3.63, 3.8) is 0 Å². The van der Waals surface area contributed by atoms with Gasteiger partial charge in [-0.05, 0) is 12.1 Å². The highest BCUT2D eigenvalue weighted by molar-refractivity contribution is 6.33. The monoisotopic (exact) mass is 366 g/mol. The Hall–Kier alpha value is -3.52. The Morgan fingerprint density at radius 1 is 1.08 bits per heavy atom. The fourth-order valence-electron chi connectivity index (χ4n) is 2.72. The van der Waals surface area contributed by atoms with Crippen molar-refractivity contribution in [3.8, 4) is 11.1 Å². The zero-order valence-electron chi connectivity index (χ0n) is 13.2. The predicted molar refractivity (Wildman–Crippen MR) is 98.5 cm³/mol. The standard InChI is InChI=1S/C17H11ClN6O2/c18-13-6-2-1-4-10(13)11-5-3-7-14(24(25)26)15(11)20-16-12-8-9-19-21-17(12)23-22-16/h1-9H,(H2,20,21,22,23). The average Bonchev–Trinajstić information content (AvgIpc) is 3.05. The van der Waals surface area contributed by atoms with E-state index in [-0.39, 0.29) is 5.69 Å². The van der Waals surface area contributed by atoms with Gasteiger partial charge in [0.2, 0.25) is 0 Å². The molecule has 0 aliphatic rings. The van der Waals surface area contributed by atoms with Crippen LogP contribution in [0.2, 0.25) is 5.02 Å². The number of hydrogen-bond acceptors (Lipinski definition) is 6. The fraction of sp³-hybridized carbons (Fsp3) is 0. The lowest BCUT2D eigenvalue weighted by Crippen LogP contribution is -2.00. The number of para-hydroxylation sites is 1. The van der Waals surface area contributed by atoms with Crippen LogP contribution in [0, 0.1) is 10.1 Å². The van der Waals surface area contributed by atoms with Gasteiger partial charge in [0.05, 0.1) is 16.5 Å². The summed E-state index contributed by atoms with van der Waals surface area (Å²) in [4.78, 5) is 11.1. The minimum Gasteiger partial charge on any atom is -0.332 e. The van der Waals surface area contributed by atoms with Crippen LogP contribution >= 0.6 is 11.6 Å². The van der Waals surface area contributed by atoms with E-state index in [0.717, 1.165) is 0 Å². The van der Waals surface area contributed by atoms with Gasteiger partial charge < -0.3 is 5.32 Å². The summed E-state index contributed by atoms with van der Waals surface area (Å²) >= 11 is 6.30. The van der Waals surface area contributed by atoms with Crippen LogP contribution in [0.15, 0.2) is 54.7 Å². The number of nitrogens with zero attached hydrogens (tertiary/aromatic N) is 4. The minimum absolute atomic E-state index is 0.0828. The summed E-state index contributed by atoms with van der Waals surface area (Å²) in [6.07, 6.45) is 1.53. The van der Waals surface area contributed by atoms with Gasteiger partial charge in [-0.25, -0.2) is 0 Å². The second-order valence-electron chi connectivity index (χ2n) is 5.43. The normalized spacial score (nSPS) is 10.8. The number of fused-ring (bicyclic) bond motifs is 1. The number of H-pyrrole nitrogens is 1. The van der Waals surface area contributed by atoms with Gasteiger partial charge in [0.15, 0.2) is 11.5 Å². The Labute approximate surface area is 152 Å². The van der Waals surface area contributed by atoms with Gasteiger partial charge in [-0.1, -0.05) is 41.9 Å². The SMILES string of the molecule is O=[N+]([O-])c1cccc(-c2ccccc2Cl)c1Nc1n[nH]c2nnccc12. The Kier molecular flexibility index (Phi) is 3.94. The Bertz CT molecular complexity index is 1130. The minimum atomic E-state index is -0.447. The Balaban J connectivity index is 1.91. The number of nitro benzene ring substituents is 1. The van der Waals surface area contributed by atoms with E-state index in [0.29, 0.717) is 38.7 Å². The van der Waals surface area contributed by atoms with Crippen LogP contribution in [0.3, 0.4) is 0 Å². The topological polar surface area (TPSA) is 110 Å². The van der Waals surface area contributed by atoms with Crippen molar-refractivity contribution in [2.24, 2.45) is 0 Å². The summed E-state index contributed by atoms with van der Waals surface area (Å²) in [7, 11) is 0. The van der Waals surface area contributed by atoms with Gasteiger partial charge in [0.25, 0.3) is 5.69 Å². The zero-order chi connectivity index (χ0) is 18.1. The molecule has 0 unspecified atom stereocenters. The van der Waals surface area contributed by atoms with Crippen molar-refractivity contribution in [2.45, 2.75) is 0 Å². The number of aromatic nitrogens is 4. The lowest BCUT2D eigenvalue weighted by Gasteiger charge is -2.12. The van der Waals surface area contributed by atoms with Crippen LogP contribution in [0.1, 0.15) is 0 Å². The van der Waals surface area contributed by atoms with Crippen molar-refractivity contribution in [1.82, 2.24) is 20.4 Å². The van der Waals surface area contributed by atoms with E-state index < -0.39 is 4.92 Å². The lowest BCUT2D eigenvalue weighted by atomic mass is 10.0. The summed E-state index contributed by atoms with van der Waals surface area (Å²) < 4.78 is 0. The van der Waals surface area contributed by atoms with E-state index in [9.17, 15) is 10.1 Å². The third-order valence-corrected chi connectivity index (χ3v) is 4.23. The highest BCUT2D eigenvalue weighted by atomic mass is 35.5. The first-order valence-corrected chi connectivity index (χ1v) is 7.98. The number of anilines is 2. The molecule has 8 nitrogen and oxygen atoms in total. The van der Waals surface area contributed by atoms with Gasteiger partial charge >= 0.3 is 0 Å².